The van der Waals surface area contributed by atoms with Gasteiger partial charge < -0.3 is 20.3 Å². The first kappa shape index (κ1) is 19.2. The smallest absolute Gasteiger partial charge is 0.269 e. The van der Waals surface area contributed by atoms with Crippen LogP contribution in [0.4, 0.5) is 17.1 Å². The van der Waals surface area contributed by atoms with Crippen molar-refractivity contribution in [3.8, 4) is 0 Å². The highest BCUT2D eigenvalue weighted by Gasteiger charge is 2.15. The van der Waals surface area contributed by atoms with E-state index in [1.807, 2.05) is 18.2 Å². The number of aromatic nitrogens is 1. The van der Waals surface area contributed by atoms with Crippen LogP contribution in [0.15, 0.2) is 42.6 Å². The van der Waals surface area contributed by atoms with Crippen LogP contribution >= 0.6 is 0 Å². The Morgan fingerprint density at radius 3 is 2.67 bits per heavy atom. The molecule has 0 radical (unpaired) electrons. The van der Waals surface area contributed by atoms with E-state index in [1.54, 1.807) is 12.3 Å². The molecule has 27 heavy (non-hydrogen) atoms. The van der Waals surface area contributed by atoms with Crippen LogP contribution in [-0.4, -0.2) is 43.7 Å². The molecule has 0 bridgehead atoms. The van der Waals surface area contributed by atoms with Crippen molar-refractivity contribution in [1.29, 1.82) is 0 Å². The number of morpholine rings is 1. The van der Waals surface area contributed by atoms with Crippen molar-refractivity contribution in [2.45, 2.75) is 20.3 Å². The number of pyridine rings is 1. The first-order valence-electron chi connectivity index (χ1n) is 9.56. The lowest BCUT2D eigenvalue weighted by molar-refractivity contribution is 0.0947. The van der Waals surface area contributed by atoms with Crippen molar-refractivity contribution < 1.29 is 9.53 Å². The van der Waals surface area contributed by atoms with Gasteiger partial charge in [0.2, 0.25) is 0 Å². The number of benzene rings is 1. The molecule has 1 aliphatic heterocycles. The molecule has 1 fully saturated rings. The van der Waals surface area contributed by atoms with E-state index >= 15 is 0 Å². The standard InChI is InChI=1S/C21H28N4O2/c1-16(2)9-10-22-21(26)19-8-7-17(15-23-19)24-18-5-3-4-6-20(18)25-11-13-27-14-12-25/h3-8,15-16,24H,9-14H2,1-2H3,(H,22,26). The Balaban J connectivity index is 1.64. The molecular formula is C21H28N4O2. The lowest BCUT2D eigenvalue weighted by Gasteiger charge is -2.30. The van der Waals surface area contributed by atoms with Crippen LogP contribution in [0.25, 0.3) is 0 Å². The van der Waals surface area contributed by atoms with Gasteiger partial charge in [-0.1, -0.05) is 26.0 Å². The topological polar surface area (TPSA) is 66.5 Å². The summed E-state index contributed by atoms with van der Waals surface area (Å²) >= 11 is 0. The molecule has 0 atom stereocenters. The predicted molar refractivity (Wildman–Crippen MR) is 109 cm³/mol. The van der Waals surface area contributed by atoms with Crippen LogP contribution in [0.2, 0.25) is 0 Å². The van der Waals surface area contributed by atoms with Crippen molar-refractivity contribution >= 4 is 23.0 Å². The second-order valence-corrected chi connectivity index (χ2v) is 7.11. The molecule has 2 heterocycles. The molecule has 144 valence electrons. The van der Waals surface area contributed by atoms with Gasteiger partial charge in [-0.2, -0.15) is 0 Å². The molecule has 3 rings (SSSR count). The van der Waals surface area contributed by atoms with E-state index in [-0.39, 0.29) is 5.91 Å². The number of amides is 1. The predicted octanol–water partition coefficient (Wildman–Crippen LogP) is 3.44. The van der Waals surface area contributed by atoms with Gasteiger partial charge in [0.05, 0.1) is 36.5 Å². The molecule has 2 aromatic rings. The molecule has 1 aromatic carbocycles. The third kappa shape index (κ3) is 5.44. The van der Waals surface area contributed by atoms with Crippen molar-refractivity contribution in [3.05, 3.63) is 48.3 Å². The largest absolute Gasteiger partial charge is 0.378 e. The Morgan fingerprint density at radius 2 is 1.96 bits per heavy atom. The van der Waals surface area contributed by atoms with E-state index in [4.69, 9.17) is 4.74 Å². The Labute approximate surface area is 160 Å². The van der Waals surface area contributed by atoms with Crippen LogP contribution in [0.5, 0.6) is 0 Å². The fraction of sp³-hybridized carbons (Fsp3) is 0.429. The summed E-state index contributed by atoms with van der Waals surface area (Å²) in [6.45, 7) is 8.20. The molecule has 0 aliphatic carbocycles. The number of hydrogen-bond donors (Lipinski definition) is 2. The maximum atomic E-state index is 12.1. The van der Waals surface area contributed by atoms with Crippen LogP contribution in [0.1, 0.15) is 30.8 Å². The number of carbonyl (C=O) groups is 1. The summed E-state index contributed by atoms with van der Waals surface area (Å²) in [6, 6.07) is 11.9. The lowest BCUT2D eigenvalue weighted by atomic mass is 10.1. The average molecular weight is 368 g/mol. The highest BCUT2D eigenvalue weighted by Crippen LogP contribution is 2.29. The number of nitrogens with one attached hydrogen (secondary N) is 2. The van der Waals surface area contributed by atoms with Gasteiger partial charge in [0, 0.05) is 19.6 Å². The number of ether oxygens (including phenoxy) is 1. The van der Waals surface area contributed by atoms with Gasteiger partial charge in [0.25, 0.3) is 5.91 Å². The molecular weight excluding hydrogens is 340 g/mol. The molecule has 0 saturated carbocycles. The van der Waals surface area contributed by atoms with Crippen molar-refractivity contribution in [2.75, 3.05) is 43.1 Å². The zero-order valence-corrected chi connectivity index (χ0v) is 16.1. The van der Waals surface area contributed by atoms with Gasteiger partial charge in [-0.3, -0.25) is 4.79 Å². The Hall–Kier alpha value is -2.60. The maximum absolute atomic E-state index is 12.1. The van der Waals surface area contributed by atoms with E-state index in [1.165, 1.54) is 0 Å². The zero-order chi connectivity index (χ0) is 19.1. The molecule has 0 unspecified atom stereocenters. The minimum atomic E-state index is -0.129. The maximum Gasteiger partial charge on any atom is 0.269 e. The summed E-state index contributed by atoms with van der Waals surface area (Å²) in [5.41, 5.74) is 3.46. The summed E-state index contributed by atoms with van der Waals surface area (Å²) in [6.07, 6.45) is 2.66. The second-order valence-electron chi connectivity index (χ2n) is 7.11. The van der Waals surface area contributed by atoms with E-state index in [0.29, 0.717) is 18.2 Å². The van der Waals surface area contributed by atoms with E-state index in [2.05, 4.69) is 46.5 Å². The number of nitrogens with zero attached hydrogens (tertiary/aromatic N) is 2. The second kappa shape index (κ2) is 9.37. The lowest BCUT2D eigenvalue weighted by Crippen LogP contribution is -2.36. The van der Waals surface area contributed by atoms with Gasteiger partial charge in [-0.05, 0) is 36.6 Å². The minimum Gasteiger partial charge on any atom is -0.378 e. The fourth-order valence-corrected chi connectivity index (χ4v) is 2.98. The normalized spacial score (nSPS) is 14.3. The molecule has 1 amide bonds. The highest BCUT2D eigenvalue weighted by atomic mass is 16.5. The third-order valence-electron chi connectivity index (χ3n) is 4.54. The summed E-state index contributed by atoms with van der Waals surface area (Å²) in [7, 11) is 0. The van der Waals surface area contributed by atoms with Gasteiger partial charge in [-0.15, -0.1) is 0 Å². The number of rotatable bonds is 7. The average Bonchev–Trinajstić information content (AvgIpc) is 2.69. The van der Waals surface area contributed by atoms with Crippen LogP contribution in [-0.2, 0) is 4.74 Å². The van der Waals surface area contributed by atoms with Crippen molar-refractivity contribution in [2.24, 2.45) is 5.92 Å². The number of anilines is 3. The molecule has 1 saturated heterocycles. The minimum absolute atomic E-state index is 0.129. The number of hydrogen-bond acceptors (Lipinski definition) is 5. The summed E-state index contributed by atoms with van der Waals surface area (Å²) < 4.78 is 5.45. The monoisotopic (exact) mass is 368 g/mol. The Bertz CT molecular complexity index is 740. The van der Waals surface area contributed by atoms with E-state index in [9.17, 15) is 4.79 Å². The first-order valence-corrected chi connectivity index (χ1v) is 9.56. The first-order chi connectivity index (χ1) is 13.1. The summed E-state index contributed by atoms with van der Waals surface area (Å²) in [4.78, 5) is 18.8. The molecule has 0 spiro atoms. The molecule has 6 nitrogen and oxygen atoms in total. The highest BCUT2D eigenvalue weighted by molar-refractivity contribution is 5.92. The van der Waals surface area contributed by atoms with Crippen LogP contribution in [0.3, 0.4) is 0 Å². The van der Waals surface area contributed by atoms with Crippen LogP contribution in [0, 0.1) is 5.92 Å². The van der Waals surface area contributed by atoms with Crippen LogP contribution < -0.4 is 15.5 Å². The molecule has 6 heteroatoms. The molecule has 2 N–H and O–H groups in total. The van der Waals surface area contributed by atoms with E-state index < -0.39 is 0 Å². The van der Waals surface area contributed by atoms with Crippen molar-refractivity contribution in [1.82, 2.24) is 10.3 Å². The van der Waals surface area contributed by atoms with Gasteiger partial charge in [0.15, 0.2) is 0 Å². The van der Waals surface area contributed by atoms with Gasteiger partial charge in [-0.25, -0.2) is 4.98 Å². The fourth-order valence-electron chi connectivity index (χ4n) is 2.98. The summed E-state index contributed by atoms with van der Waals surface area (Å²) in [5, 5.41) is 6.33. The Kier molecular flexibility index (Phi) is 6.65. The number of para-hydroxylation sites is 2. The van der Waals surface area contributed by atoms with E-state index in [0.717, 1.165) is 49.8 Å². The van der Waals surface area contributed by atoms with Gasteiger partial charge >= 0.3 is 0 Å². The molecule has 1 aromatic heterocycles. The van der Waals surface area contributed by atoms with Gasteiger partial charge in [0.1, 0.15) is 5.69 Å². The quantitative estimate of drug-likeness (QED) is 0.784. The Morgan fingerprint density at radius 1 is 1.19 bits per heavy atom. The SMILES string of the molecule is CC(C)CCNC(=O)c1ccc(Nc2ccccc2N2CCOCC2)cn1. The van der Waals surface area contributed by atoms with Crippen molar-refractivity contribution in [3.63, 3.8) is 0 Å². The number of carbonyl (C=O) groups excluding carboxylic acids is 1. The third-order valence-corrected chi connectivity index (χ3v) is 4.54. The summed E-state index contributed by atoms with van der Waals surface area (Å²) in [5.74, 6) is 0.437. The molecule has 1 aliphatic rings. The zero-order valence-electron chi connectivity index (χ0n) is 16.1.